The molecule has 2 aromatic heterocycles. The number of fused-ring (bicyclic) bond motifs is 1. The Morgan fingerprint density at radius 2 is 2.26 bits per heavy atom. The second-order valence-electron chi connectivity index (χ2n) is 6.07. The number of aryl methyl sites for hydroxylation is 1. The summed E-state index contributed by atoms with van der Waals surface area (Å²) in [4.78, 5) is 4.45. The number of aromatic nitrogens is 2. The number of imidazole rings is 1. The van der Waals surface area contributed by atoms with Gasteiger partial charge >= 0.3 is 0 Å². The molecule has 1 saturated heterocycles. The average molecular weight is 311 g/mol. The summed E-state index contributed by atoms with van der Waals surface area (Å²) in [6, 6.07) is 10.4. The molecule has 3 aromatic rings. The summed E-state index contributed by atoms with van der Waals surface area (Å²) in [5.41, 5.74) is 0.935. The maximum absolute atomic E-state index is 5.99. The highest BCUT2D eigenvalue weighted by molar-refractivity contribution is 5.77. The van der Waals surface area contributed by atoms with Crippen LogP contribution < -0.4 is 5.32 Å². The fourth-order valence-corrected chi connectivity index (χ4v) is 3.25. The lowest BCUT2D eigenvalue weighted by atomic mass is 10.0. The van der Waals surface area contributed by atoms with Gasteiger partial charge in [0, 0.05) is 37.5 Å². The SMILES string of the molecule is Cn1ccnc1[C@H]1OCCC[C@@H]1NCc1cc2ccccc2o1. The molecule has 1 aliphatic rings. The van der Waals surface area contributed by atoms with Crippen molar-refractivity contribution in [2.24, 2.45) is 7.05 Å². The number of ether oxygens (including phenoxy) is 1. The second-order valence-corrected chi connectivity index (χ2v) is 6.07. The van der Waals surface area contributed by atoms with Crippen molar-refractivity contribution in [3.63, 3.8) is 0 Å². The molecule has 1 aliphatic heterocycles. The number of rotatable bonds is 4. The van der Waals surface area contributed by atoms with Gasteiger partial charge in [0.1, 0.15) is 23.3 Å². The molecule has 0 bridgehead atoms. The van der Waals surface area contributed by atoms with E-state index < -0.39 is 0 Å². The van der Waals surface area contributed by atoms with E-state index in [1.54, 1.807) is 0 Å². The van der Waals surface area contributed by atoms with Crippen molar-refractivity contribution in [2.45, 2.75) is 31.5 Å². The molecule has 5 nitrogen and oxygen atoms in total. The van der Waals surface area contributed by atoms with E-state index in [4.69, 9.17) is 9.15 Å². The molecule has 1 fully saturated rings. The zero-order valence-electron chi connectivity index (χ0n) is 13.2. The van der Waals surface area contributed by atoms with E-state index in [1.165, 1.54) is 0 Å². The van der Waals surface area contributed by atoms with Gasteiger partial charge < -0.3 is 19.0 Å². The normalized spacial score (nSPS) is 21.8. The Morgan fingerprint density at radius 1 is 1.35 bits per heavy atom. The number of hydrogen-bond donors (Lipinski definition) is 1. The van der Waals surface area contributed by atoms with E-state index in [0.717, 1.165) is 42.0 Å². The van der Waals surface area contributed by atoms with Gasteiger partial charge in [-0.1, -0.05) is 18.2 Å². The molecule has 0 amide bonds. The first kappa shape index (κ1) is 14.5. The molecule has 2 atom stereocenters. The maximum Gasteiger partial charge on any atom is 0.139 e. The quantitative estimate of drug-likeness (QED) is 0.804. The number of nitrogens with zero attached hydrogens (tertiary/aromatic N) is 2. The van der Waals surface area contributed by atoms with Gasteiger partial charge in [-0.25, -0.2) is 4.98 Å². The molecule has 0 spiro atoms. The topological polar surface area (TPSA) is 52.2 Å². The van der Waals surface area contributed by atoms with Gasteiger partial charge in [0.05, 0.1) is 6.54 Å². The number of para-hydroxylation sites is 1. The number of hydrogen-bond acceptors (Lipinski definition) is 4. The molecular weight excluding hydrogens is 290 g/mol. The van der Waals surface area contributed by atoms with Gasteiger partial charge in [-0.05, 0) is 25.0 Å². The highest BCUT2D eigenvalue weighted by Crippen LogP contribution is 2.28. The summed E-state index contributed by atoms with van der Waals surface area (Å²) in [5, 5.41) is 4.74. The first-order valence-electron chi connectivity index (χ1n) is 8.11. The van der Waals surface area contributed by atoms with E-state index in [2.05, 4.69) is 22.4 Å². The Kier molecular flexibility index (Phi) is 3.89. The van der Waals surface area contributed by atoms with Crippen molar-refractivity contribution in [1.29, 1.82) is 0 Å². The monoisotopic (exact) mass is 311 g/mol. The third-order valence-electron chi connectivity index (χ3n) is 4.45. The summed E-state index contributed by atoms with van der Waals surface area (Å²) in [6.07, 6.45) is 5.93. The fraction of sp³-hybridized carbons (Fsp3) is 0.389. The minimum absolute atomic E-state index is 0.00636. The Morgan fingerprint density at radius 3 is 3.09 bits per heavy atom. The van der Waals surface area contributed by atoms with Gasteiger partial charge in [0.15, 0.2) is 0 Å². The predicted octanol–water partition coefficient (Wildman–Crippen LogP) is 3.18. The molecule has 0 unspecified atom stereocenters. The minimum Gasteiger partial charge on any atom is -0.460 e. The molecule has 23 heavy (non-hydrogen) atoms. The van der Waals surface area contributed by atoms with Gasteiger partial charge in [-0.15, -0.1) is 0 Å². The van der Waals surface area contributed by atoms with Gasteiger partial charge in [0.25, 0.3) is 0 Å². The van der Waals surface area contributed by atoms with Crippen LogP contribution in [0.3, 0.4) is 0 Å². The average Bonchev–Trinajstić information content (AvgIpc) is 3.18. The van der Waals surface area contributed by atoms with Crippen LogP contribution in [-0.2, 0) is 18.3 Å². The van der Waals surface area contributed by atoms with Crippen molar-refractivity contribution >= 4 is 11.0 Å². The van der Waals surface area contributed by atoms with Crippen LogP contribution in [0.2, 0.25) is 0 Å². The van der Waals surface area contributed by atoms with Crippen LogP contribution in [0, 0.1) is 0 Å². The third kappa shape index (κ3) is 2.90. The Balaban J connectivity index is 1.49. The van der Waals surface area contributed by atoms with Crippen LogP contribution in [-0.4, -0.2) is 22.2 Å². The second kappa shape index (κ2) is 6.18. The molecule has 1 N–H and O–H groups in total. The van der Waals surface area contributed by atoms with Crippen LogP contribution in [0.4, 0.5) is 0 Å². The van der Waals surface area contributed by atoms with Crippen molar-refractivity contribution in [3.05, 3.63) is 54.3 Å². The van der Waals surface area contributed by atoms with E-state index in [0.29, 0.717) is 6.54 Å². The van der Waals surface area contributed by atoms with Gasteiger partial charge in [-0.2, -0.15) is 0 Å². The van der Waals surface area contributed by atoms with E-state index in [9.17, 15) is 0 Å². The molecule has 0 saturated carbocycles. The van der Waals surface area contributed by atoms with Crippen molar-refractivity contribution in [3.8, 4) is 0 Å². The fourth-order valence-electron chi connectivity index (χ4n) is 3.25. The Bertz CT molecular complexity index is 759. The number of nitrogens with one attached hydrogen (secondary N) is 1. The lowest BCUT2D eigenvalue weighted by Gasteiger charge is -2.31. The summed E-state index contributed by atoms with van der Waals surface area (Å²) >= 11 is 0. The molecule has 120 valence electrons. The number of furan rings is 1. The van der Waals surface area contributed by atoms with Crippen LogP contribution in [0.5, 0.6) is 0 Å². The van der Waals surface area contributed by atoms with Gasteiger partial charge in [0.2, 0.25) is 0 Å². The predicted molar refractivity (Wildman–Crippen MR) is 88.0 cm³/mol. The minimum atomic E-state index is -0.00636. The molecule has 0 aliphatic carbocycles. The lowest BCUT2D eigenvalue weighted by Crippen LogP contribution is -2.40. The smallest absolute Gasteiger partial charge is 0.139 e. The summed E-state index contributed by atoms with van der Waals surface area (Å²) in [6.45, 7) is 1.49. The van der Waals surface area contributed by atoms with Gasteiger partial charge in [-0.3, -0.25) is 0 Å². The zero-order valence-corrected chi connectivity index (χ0v) is 13.2. The maximum atomic E-state index is 5.99. The molecule has 3 heterocycles. The highest BCUT2D eigenvalue weighted by Gasteiger charge is 2.30. The van der Waals surface area contributed by atoms with Crippen LogP contribution in [0.25, 0.3) is 11.0 Å². The molecule has 4 rings (SSSR count). The molecule has 1 aromatic carbocycles. The van der Waals surface area contributed by atoms with Crippen molar-refractivity contribution < 1.29 is 9.15 Å². The van der Waals surface area contributed by atoms with E-state index >= 15 is 0 Å². The third-order valence-corrected chi connectivity index (χ3v) is 4.45. The first-order valence-corrected chi connectivity index (χ1v) is 8.11. The summed E-state index contributed by atoms with van der Waals surface area (Å²) in [5.74, 6) is 1.93. The standard InChI is InChI=1S/C18H21N3O2/c1-21-9-8-19-18(21)17-15(6-4-10-22-17)20-12-14-11-13-5-2-3-7-16(13)23-14/h2-3,5,7-9,11,15,17,20H,4,6,10,12H2,1H3/t15-,17-/m0/s1. The van der Waals surface area contributed by atoms with Crippen LogP contribution >= 0.6 is 0 Å². The highest BCUT2D eigenvalue weighted by atomic mass is 16.5. The summed E-state index contributed by atoms with van der Waals surface area (Å²) in [7, 11) is 2.01. The zero-order chi connectivity index (χ0) is 15.6. The van der Waals surface area contributed by atoms with Crippen LogP contribution in [0.1, 0.15) is 30.5 Å². The number of benzene rings is 1. The Hall–Kier alpha value is -2.11. The lowest BCUT2D eigenvalue weighted by molar-refractivity contribution is -0.0181. The molecule has 5 heteroatoms. The largest absolute Gasteiger partial charge is 0.460 e. The molecular formula is C18H21N3O2. The van der Waals surface area contributed by atoms with Crippen molar-refractivity contribution in [1.82, 2.24) is 14.9 Å². The van der Waals surface area contributed by atoms with E-state index in [1.807, 2.05) is 42.2 Å². The summed E-state index contributed by atoms with van der Waals surface area (Å²) < 4.78 is 13.9. The van der Waals surface area contributed by atoms with Crippen molar-refractivity contribution in [2.75, 3.05) is 6.61 Å². The van der Waals surface area contributed by atoms with Crippen LogP contribution in [0.15, 0.2) is 47.1 Å². The molecule has 0 radical (unpaired) electrons. The first-order chi connectivity index (χ1) is 11.3. The Labute approximate surface area is 135 Å². The van der Waals surface area contributed by atoms with E-state index in [-0.39, 0.29) is 12.1 Å².